The van der Waals surface area contributed by atoms with Gasteiger partial charge in [0, 0.05) is 19.2 Å². The molecule has 0 aliphatic carbocycles. The van der Waals surface area contributed by atoms with E-state index >= 15 is 0 Å². The van der Waals surface area contributed by atoms with Gasteiger partial charge in [-0.2, -0.15) is 5.23 Å². The quantitative estimate of drug-likeness (QED) is 0.489. The number of hydrazine groups is 1. The molecule has 2 aliphatic rings. The van der Waals surface area contributed by atoms with Gasteiger partial charge in [-0.1, -0.05) is 12.1 Å². The van der Waals surface area contributed by atoms with Gasteiger partial charge in [-0.3, -0.25) is 4.79 Å². The number of quaternary nitrogens is 1. The van der Waals surface area contributed by atoms with Crippen molar-refractivity contribution in [2.75, 3.05) is 24.0 Å². The summed E-state index contributed by atoms with van der Waals surface area (Å²) in [4.78, 5) is 25.6. The van der Waals surface area contributed by atoms with Crippen LogP contribution in [0.5, 0.6) is 0 Å². The van der Waals surface area contributed by atoms with Crippen LogP contribution in [0.4, 0.5) is 17.1 Å². The van der Waals surface area contributed by atoms with E-state index < -0.39 is 17.5 Å². The van der Waals surface area contributed by atoms with E-state index in [0.29, 0.717) is 16.9 Å². The van der Waals surface area contributed by atoms with Crippen molar-refractivity contribution in [1.29, 1.82) is 0 Å². The van der Waals surface area contributed by atoms with E-state index in [4.69, 9.17) is 9.94 Å². The maximum Gasteiger partial charge on any atom is 0.377 e. The summed E-state index contributed by atoms with van der Waals surface area (Å²) in [5, 5.41) is 31.1. The lowest BCUT2D eigenvalue weighted by atomic mass is 10.1. The minimum Gasteiger partial charge on any atom is -0.595 e. The fourth-order valence-electron chi connectivity index (χ4n) is 3.34. The number of rotatable bonds is 4. The van der Waals surface area contributed by atoms with Crippen LogP contribution in [0.2, 0.25) is 0 Å². The first-order valence-corrected chi connectivity index (χ1v) is 9.23. The molecule has 1 unspecified atom stereocenters. The maximum atomic E-state index is 13.0. The van der Waals surface area contributed by atoms with Gasteiger partial charge in [0.1, 0.15) is 0 Å². The third-order valence-corrected chi connectivity index (χ3v) is 4.78. The van der Waals surface area contributed by atoms with Crippen LogP contribution in [0, 0.1) is 5.21 Å². The molecular weight excluding hydrogens is 392 g/mol. The molecule has 0 saturated carbocycles. The number of hydrazone groups is 1. The summed E-state index contributed by atoms with van der Waals surface area (Å²) in [5.41, 5.74) is 1.67. The van der Waals surface area contributed by atoms with E-state index in [2.05, 4.69) is 10.4 Å². The second kappa shape index (κ2) is 7.63. The Labute approximate surface area is 171 Å². The summed E-state index contributed by atoms with van der Waals surface area (Å²) in [6.07, 6.45) is -0.752. The number of fused-ring (bicyclic) bond motifs is 2. The molecule has 0 spiro atoms. The molecule has 1 amide bonds. The molecule has 2 aromatic carbocycles. The molecule has 30 heavy (non-hydrogen) atoms. The molecule has 2 atom stereocenters. The van der Waals surface area contributed by atoms with Crippen LogP contribution in [0.15, 0.2) is 53.6 Å². The summed E-state index contributed by atoms with van der Waals surface area (Å²) >= 11 is 0. The summed E-state index contributed by atoms with van der Waals surface area (Å²) in [7, 11) is 1.55. The van der Waals surface area contributed by atoms with Gasteiger partial charge in [0.05, 0.1) is 23.5 Å². The highest BCUT2D eigenvalue weighted by atomic mass is 16.8. The first kappa shape index (κ1) is 19.6. The Balaban J connectivity index is 1.80. The van der Waals surface area contributed by atoms with Crippen molar-refractivity contribution >= 4 is 34.8 Å². The molecular formula is C19H20N6O5. The van der Waals surface area contributed by atoms with Gasteiger partial charge in [-0.05, 0) is 31.2 Å². The van der Waals surface area contributed by atoms with Crippen LogP contribution < -0.4 is 15.6 Å². The van der Waals surface area contributed by atoms with E-state index in [9.17, 15) is 14.8 Å². The lowest BCUT2D eigenvalue weighted by molar-refractivity contribution is -0.991. The number of hydrogen-bond donors (Lipinski definition) is 3. The number of carbonyl (C=O) groups is 2. The third-order valence-electron chi connectivity index (χ3n) is 4.78. The number of esters is 1. The Hall–Kier alpha value is -3.67. The van der Waals surface area contributed by atoms with Crippen LogP contribution in [-0.4, -0.2) is 52.9 Å². The van der Waals surface area contributed by atoms with Crippen molar-refractivity contribution in [2.24, 2.45) is 5.10 Å². The van der Waals surface area contributed by atoms with E-state index in [1.54, 1.807) is 50.4 Å². The minimum absolute atomic E-state index is 0.0692. The van der Waals surface area contributed by atoms with Crippen LogP contribution in [0.25, 0.3) is 0 Å². The number of benzene rings is 2. The Kier molecular flexibility index (Phi) is 4.99. The van der Waals surface area contributed by atoms with Crippen molar-refractivity contribution in [3.05, 3.63) is 59.3 Å². The summed E-state index contributed by atoms with van der Waals surface area (Å²) in [5.74, 6) is -1.07. The molecule has 11 nitrogen and oxygen atoms in total. The van der Waals surface area contributed by atoms with Crippen LogP contribution in [-0.2, 0) is 9.53 Å². The molecule has 156 valence electrons. The monoisotopic (exact) mass is 412 g/mol. The van der Waals surface area contributed by atoms with E-state index in [-0.39, 0.29) is 24.0 Å². The van der Waals surface area contributed by atoms with Crippen molar-refractivity contribution < 1.29 is 24.8 Å². The smallest absolute Gasteiger partial charge is 0.377 e. The van der Waals surface area contributed by atoms with Gasteiger partial charge in [0.25, 0.3) is 11.7 Å². The first-order chi connectivity index (χ1) is 14.4. The maximum absolute atomic E-state index is 13.0. The molecule has 2 aromatic rings. The zero-order chi connectivity index (χ0) is 21.4. The molecule has 0 aromatic heterocycles. The van der Waals surface area contributed by atoms with E-state index in [1.807, 2.05) is 0 Å². The molecule has 0 saturated heterocycles. The van der Waals surface area contributed by atoms with Gasteiger partial charge in [-0.15, -0.1) is 5.10 Å². The number of anilines is 2. The van der Waals surface area contributed by atoms with Gasteiger partial charge in [0.15, 0.2) is 5.69 Å². The van der Waals surface area contributed by atoms with Crippen LogP contribution in [0.1, 0.15) is 17.3 Å². The van der Waals surface area contributed by atoms with Crippen molar-refractivity contribution in [1.82, 2.24) is 10.0 Å². The number of ether oxygens (including phenoxy) is 1. The zero-order valence-electron chi connectivity index (χ0n) is 16.3. The molecule has 2 heterocycles. The standard InChI is InChI=1S/C19H20N6O5/c1-3-30-18(27)16-21-23(12-8-10-13(11-9-12)25(28)29)19-20-15-7-5-4-6-14(15)17(26)22(2)24(16)19/h4-11,19-20,25,28H,3H2,1-2H3/t19-/m1/s1. The number of nitrogens with zero attached hydrogens (tertiary/aromatic N) is 4. The predicted octanol–water partition coefficient (Wildman–Crippen LogP) is 0.485. The Morgan fingerprint density at radius 1 is 1.27 bits per heavy atom. The fraction of sp³-hybridized carbons (Fsp3) is 0.211. The van der Waals surface area contributed by atoms with E-state index in [1.165, 1.54) is 27.2 Å². The minimum atomic E-state index is -1.05. The molecule has 0 bridgehead atoms. The second-order valence-corrected chi connectivity index (χ2v) is 6.58. The molecule has 3 N–H and O–H groups in total. The number of amides is 1. The number of amidine groups is 1. The van der Waals surface area contributed by atoms with Gasteiger partial charge < -0.3 is 15.3 Å². The number of carbonyl (C=O) groups excluding carboxylic acids is 2. The molecule has 2 aliphatic heterocycles. The number of para-hydroxylation sites is 1. The number of nitrogens with one attached hydrogen (secondary N) is 2. The van der Waals surface area contributed by atoms with E-state index in [0.717, 1.165) is 0 Å². The summed E-state index contributed by atoms with van der Waals surface area (Å²) in [6, 6.07) is 13.1. The van der Waals surface area contributed by atoms with Gasteiger partial charge >= 0.3 is 5.97 Å². The van der Waals surface area contributed by atoms with Crippen molar-refractivity contribution in [3.8, 4) is 0 Å². The Morgan fingerprint density at radius 3 is 2.63 bits per heavy atom. The topological polar surface area (TPSA) is 125 Å². The lowest BCUT2D eigenvalue weighted by Gasteiger charge is -2.34. The summed E-state index contributed by atoms with van der Waals surface area (Å²) < 4.78 is 5.13. The average Bonchev–Trinajstić information content (AvgIpc) is 3.07. The molecule has 4 rings (SSSR count). The zero-order valence-corrected chi connectivity index (χ0v) is 16.3. The summed E-state index contributed by atoms with van der Waals surface area (Å²) in [6.45, 7) is 1.83. The first-order valence-electron chi connectivity index (χ1n) is 9.23. The average molecular weight is 412 g/mol. The number of hydrogen-bond acceptors (Lipinski definition) is 9. The second-order valence-electron chi connectivity index (χ2n) is 6.58. The molecule has 11 heteroatoms. The van der Waals surface area contributed by atoms with Crippen LogP contribution in [0.3, 0.4) is 0 Å². The largest absolute Gasteiger partial charge is 0.595 e. The predicted molar refractivity (Wildman–Crippen MR) is 107 cm³/mol. The molecule has 0 fully saturated rings. The highest BCUT2D eigenvalue weighted by Crippen LogP contribution is 2.32. The highest BCUT2D eigenvalue weighted by molar-refractivity contribution is 6.36. The molecule has 0 radical (unpaired) electrons. The normalized spacial score (nSPS) is 18.8. The fourth-order valence-corrected chi connectivity index (χ4v) is 3.34. The Bertz CT molecular complexity index is 1010. The Morgan fingerprint density at radius 2 is 1.97 bits per heavy atom. The van der Waals surface area contributed by atoms with Crippen molar-refractivity contribution in [2.45, 2.75) is 13.2 Å². The van der Waals surface area contributed by atoms with Crippen LogP contribution >= 0.6 is 0 Å². The van der Waals surface area contributed by atoms with Crippen molar-refractivity contribution in [3.63, 3.8) is 0 Å². The SMILES string of the molecule is CCOC(=O)C1=NN(c2ccc([NH+]([O-])O)cc2)[C@H]2Nc3ccccc3C(=O)N(C)N12. The third kappa shape index (κ3) is 3.20. The lowest BCUT2D eigenvalue weighted by Crippen LogP contribution is -2.99. The van der Waals surface area contributed by atoms with Gasteiger partial charge in [-0.25, -0.2) is 25.0 Å². The highest BCUT2D eigenvalue weighted by Gasteiger charge is 2.45. The van der Waals surface area contributed by atoms with Gasteiger partial charge in [0.2, 0.25) is 6.29 Å².